The summed E-state index contributed by atoms with van der Waals surface area (Å²) in [4.78, 5) is 14.3. The first-order chi connectivity index (χ1) is 10.2. The van der Waals surface area contributed by atoms with Gasteiger partial charge in [-0.25, -0.2) is 4.39 Å². The average molecular weight is 290 g/mol. The van der Waals surface area contributed by atoms with Gasteiger partial charge in [-0.15, -0.1) is 0 Å². The number of carbonyl (C=O) groups is 1. The number of halogens is 1. The Kier molecular flexibility index (Phi) is 4.54. The van der Waals surface area contributed by atoms with Crippen LogP contribution in [0.2, 0.25) is 0 Å². The van der Waals surface area contributed by atoms with Crippen LogP contribution in [0, 0.1) is 11.7 Å². The summed E-state index contributed by atoms with van der Waals surface area (Å²) in [5.41, 5.74) is 1.00. The van der Waals surface area contributed by atoms with Gasteiger partial charge in [0.05, 0.1) is 0 Å². The third kappa shape index (κ3) is 3.82. The molecule has 2 aliphatic rings. The summed E-state index contributed by atoms with van der Waals surface area (Å²) >= 11 is 0. The van der Waals surface area contributed by atoms with Crippen LogP contribution in [-0.4, -0.2) is 29.9 Å². The van der Waals surface area contributed by atoms with Gasteiger partial charge in [0.15, 0.2) is 0 Å². The van der Waals surface area contributed by atoms with Crippen LogP contribution in [0.3, 0.4) is 0 Å². The van der Waals surface area contributed by atoms with Gasteiger partial charge < -0.3 is 5.32 Å². The van der Waals surface area contributed by atoms with Crippen molar-refractivity contribution in [2.24, 2.45) is 5.92 Å². The van der Waals surface area contributed by atoms with Crippen molar-refractivity contribution >= 4 is 5.91 Å². The van der Waals surface area contributed by atoms with Gasteiger partial charge >= 0.3 is 0 Å². The van der Waals surface area contributed by atoms with Crippen molar-refractivity contribution in [1.29, 1.82) is 0 Å². The molecule has 4 heteroatoms. The van der Waals surface area contributed by atoms with Crippen molar-refractivity contribution in [3.05, 3.63) is 35.6 Å². The average Bonchev–Trinajstić information content (AvgIpc) is 2.36. The van der Waals surface area contributed by atoms with Crippen molar-refractivity contribution in [3.63, 3.8) is 0 Å². The first-order valence-electron chi connectivity index (χ1n) is 7.98. The van der Waals surface area contributed by atoms with Gasteiger partial charge in [0, 0.05) is 25.0 Å². The highest BCUT2D eigenvalue weighted by molar-refractivity contribution is 5.79. The van der Waals surface area contributed by atoms with Gasteiger partial charge in [-0.3, -0.25) is 9.69 Å². The SMILES string of the molecule is O=C(NC1CCCN(Cc2cccc(F)c2)C1)C1CCC1. The van der Waals surface area contributed by atoms with Crippen LogP contribution in [0.4, 0.5) is 4.39 Å². The quantitative estimate of drug-likeness (QED) is 0.924. The van der Waals surface area contributed by atoms with Crippen molar-refractivity contribution in [2.45, 2.75) is 44.7 Å². The Hall–Kier alpha value is -1.42. The molecule has 1 aromatic rings. The lowest BCUT2D eigenvalue weighted by Gasteiger charge is -2.35. The molecule has 3 rings (SSSR count). The molecule has 1 N–H and O–H groups in total. The number of piperidine rings is 1. The molecule has 114 valence electrons. The summed E-state index contributed by atoms with van der Waals surface area (Å²) in [6.45, 7) is 2.65. The number of amides is 1. The fraction of sp³-hybridized carbons (Fsp3) is 0.588. The van der Waals surface area contributed by atoms with Gasteiger partial charge in [-0.1, -0.05) is 18.6 Å². The van der Waals surface area contributed by atoms with Gasteiger partial charge in [0.1, 0.15) is 5.82 Å². The van der Waals surface area contributed by atoms with Crippen molar-refractivity contribution in [2.75, 3.05) is 13.1 Å². The minimum atomic E-state index is -0.181. The molecule has 1 saturated heterocycles. The van der Waals surface area contributed by atoms with E-state index < -0.39 is 0 Å². The lowest BCUT2D eigenvalue weighted by molar-refractivity contribution is -0.128. The Balaban J connectivity index is 1.51. The normalized spacial score (nSPS) is 23.6. The van der Waals surface area contributed by atoms with Crippen LogP contribution in [-0.2, 0) is 11.3 Å². The van der Waals surface area contributed by atoms with E-state index in [0.29, 0.717) is 0 Å². The van der Waals surface area contributed by atoms with E-state index in [1.165, 1.54) is 12.5 Å². The smallest absolute Gasteiger partial charge is 0.223 e. The Morgan fingerprint density at radius 3 is 2.86 bits per heavy atom. The number of hydrogen-bond acceptors (Lipinski definition) is 2. The fourth-order valence-corrected chi connectivity index (χ4v) is 3.20. The van der Waals surface area contributed by atoms with Crippen molar-refractivity contribution in [1.82, 2.24) is 10.2 Å². The molecular formula is C17H23FN2O. The fourth-order valence-electron chi connectivity index (χ4n) is 3.20. The maximum atomic E-state index is 13.2. The molecule has 1 saturated carbocycles. The molecule has 0 aromatic heterocycles. The number of nitrogens with one attached hydrogen (secondary N) is 1. The van der Waals surface area contributed by atoms with E-state index in [1.807, 2.05) is 6.07 Å². The molecule has 21 heavy (non-hydrogen) atoms. The zero-order valence-electron chi connectivity index (χ0n) is 12.4. The number of likely N-dealkylation sites (tertiary alicyclic amines) is 1. The van der Waals surface area contributed by atoms with Gasteiger partial charge in [-0.05, 0) is 49.9 Å². The van der Waals surface area contributed by atoms with E-state index in [-0.39, 0.29) is 23.7 Å². The first-order valence-corrected chi connectivity index (χ1v) is 7.98. The molecule has 0 radical (unpaired) electrons. The second-order valence-electron chi connectivity index (χ2n) is 6.34. The van der Waals surface area contributed by atoms with E-state index in [4.69, 9.17) is 0 Å². The van der Waals surface area contributed by atoms with Crippen molar-refractivity contribution in [3.8, 4) is 0 Å². The Morgan fingerprint density at radius 2 is 2.14 bits per heavy atom. The molecule has 1 aliphatic heterocycles. The van der Waals surface area contributed by atoms with Gasteiger partial charge in [0.2, 0.25) is 5.91 Å². The minimum Gasteiger partial charge on any atom is -0.352 e. The molecule has 1 aliphatic carbocycles. The van der Waals surface area contributed by atoms with E-state index in [2.05, 4.69) is 10.2 Å². The summed E-state index contributed by atoms with van der Waals surface area (Å²) in [5, 5.41) is 3.19. The van der Waals surface area contributed by atoms with Crippen LogP contribution < -0.4 is 5.32 Å². The number of hydrogen-bond donors (Lipinski definition) is 1. The highest BCUT2D eigenvalue weighted by Gasteiger charge is 2.28. The molecule has 2 fully saturated rings. The van der Waals surface area contributed by atoms with E-state index >= 15 is 0 Å². The van der Waals surface area contributed by atoms with Crippen LogP contribution in [0.25, 0.3) is 0 Å². The molecule has 1 heterocycles. The van der Waals surface area contributed by atoms with Crippen LogP contribution >= 0.6 is 0 Å². The third-order valence-corrected chi connectivity index (χ3v) is 4.62. The first kappa shape index (κ1) is 14.5. The molecule has 1 atom stereocenters. The van der Waals surface area contributed by atoms with Crippen LogP contribution in [0.5, 0.6) is 0 Å². The number of nitrogens with zero attached hydrogens (tertiary/aromatic N) is 1. The second-order valence-corrected chi connectivity index (χ2v) is 6.34. The summed E-state index contributed by atoms with van der Waals surface area (Å²) in [6, 6.07) is 7.03. The monoisotopic (exact) mass is 290 g/mol. The molecular weight excluding hydrogens is 267 g/mol. The standard InChI is InChI=1S/C17H23FN2O/c18-15-7-1-4-13(10-15)11-20-9-3-8-16(12-20)19-17(21)14-5-2-6-14/h1,4,7,10,14,16H,2-3,5-6,8-9,11-12H2,(H,19,21). The lowest BCUT2D eigenvalue weighted by atomic mass is 9.84. The number of rotatable bonds is 4. The van der Waals surface area contributed by atoms with Gasteiger partial charge in [0.25, 0.3) is 0 Å². The Bertz CT molecular complexity index is 501. The largest absolute Gasteiger partial charge is 0.352 e. The summed E-state index contributed by atoms with van der Waals surface area (Å²) < 4.78 is 13.2. The molecule has 1 amide bonds. The summed E-state index contributed by atoms with van der Waals surface area (Å²) in [6.07, 6.45) is 5.43. The maximum absolute atomic E-state index is 13.2. The van der Waals surface area contributed by atoms with Crippen molar-refractivity contribution < 1.29 is 9.18 Å². The van der Waals surface area contributed by atoms with E-state index in [9.17, 15) is 9.18 Å². The molecule has 1 unspecified atom stereocenters. The second kappa shape index (κ2) is 6.56. The molecule has 3 nitrogen and oxygen atoms in total. The topological polar surface area (TPSA) is 32.3 Å². The maximum Gasteiger partial charge on any atom is 0.223 e. The zero-order chi connectivity index (χ0) is 14.7. The summed E-state index contributed by atoms with van der Waals surface area (Å²) in [5.74, 6) is 0.307. The minimum absolute atomic E-state index is 0.181. The summed E-state index contributed by atoms with van der Waals surface area (Å²) in [7, 11) is 0. The molecule has 0 spiro atoms. The van der Waals surface area contributed by atoms with Crippen LogP contribution in [0.15, 0.2) is 24.3 Å². The van der Waals surface area contributed by atoms with E-state index in [0.717, 1.165) is 50.9 Å². The predicted molar refractivity (Wildman–Crippen MR) is 80.2 cm³/mol. The third-order valence-electron chi connectivity index (χ3n) is 4.62. The number of carbonyl (C=O) groups excluding carboxylic acids is 1. The van der Waals surface area contributed by atoms with Gasteiger partial charge in [-0.2, -0.15) is 0 Å². The Labute approximate surface area is 125 Å². The van der Waals surface area contributed by atoms with E-state index in [1.54, 1.807) is 12.1 Å². The zero-order valence-corrected chi connectivity index (χ0v) is 12.4. The molecule has 1 aromatic carbocycles. The highest BCUT2D eigenvalue weighted by Crippen LogP contribution is 2.26. The Morgan fingerprint density at radius 1 is 1.29 bits per heavy atom. The predicted octanol–water partition coefficient (Wildman–Crippen LogP) is 2.71. The van der Waals surface area contributed by atoms with Crippen LogP contribution in [0.1, 0.15) is 37.7 Å². The molecule has 0 bridgehead atoms. The lowest BCUT2D eigenvalue weighted by Crippen LogP contribution is -2.49. The number of benzene rings is 1. The highest BCUT2D eigenvalue weighted by atomic mass is 19.1.